The topological polar surface area (TPSA) is 30.5 Å². The van der Waals surface area contributed by atoms with Gasteiger partial charge in [-0.05, 0) is 53.5 Å². The Bertz CT molecular complexity index is 184. The minimum atomic E-state index is -0.0823. The molecule has 16 heavy (non-hydrogen) atoms. The summed E-state index contributed by atoms with van der Waals surface area (Å²) in [5.41, 5.74) is -0.109. The van der Waals surface area contributed by atoms with Crippen LogP contribution in [0.3, 0.4) is 0 Å². The molecule has 96 valence electrons. The van der Waals surface area contributed by atoms with Crippen molar-refractivity contribution in [2.24, 2.45) is 0 Å². The lowest BCUT2D eigenvalue weighted by molar-refractivity contribution is -0.0615. The van der Waals surface area contributed by atoms with Crippen molar-refractivity contribution in [1.29, 1.82) is 0 Å². The lowest BCUT2D eigenvalue weighted by Crippen LogP contribution is -2.30. The number of rotatable bonds is 9. The third kappa shape index (κ3) is 8.14. The fourth-order valence-electron chi connectivity index (χ4n) is 1.44. The summed E-state index contributed by atoms with van der Waals surface area (Å²) < 4.78 is 11.3. The summed E-state index contributed by atoms with van der Waals surface area (Å²) in [6.45, 7) is 10.3. The highest BCUT2D eigenvalue weighted by Gasteiger charge is 2.21. The first-order valence-electron chi connectivity index (χ1n) is 6.17. The van der Waals surface area contributed by atoms with Crippen LogP contribution >= 0.6 is 0 Å². The van der Waals surface area contributed by atoms with E-state index in [2.05, 4.69) is 32.9 Å². The molecule has 0 unspecified atom stereocenters. The van der Waals surface area contributed by atoms with Crippen molar-refractivity contribution in [2.75, 3.05) is 20.3 Å². The molecule has 0 bridgehead atoms. The lowest BCUT2D eigenvalue weighted by Gasteiger charge is -2.29. The molecule has 1 N–H and O–H groups in total. The highest BCUT2D eigenvalue weighted by molar-refractivity contribution is 6.04. The molecule has 0 aliphatic carbocycles. The average Bonchev–Trinajstić information content (AvgIpc) is 2.17. The lowest BCUT2D eigenvalue weighted by atomic mass is 10.0. The number of hydrogen-bond donors (Lipinski definition) is 1. The van der Waals surface area contributed by atoms with Gasteiger partial charge >= 0.3 is 0 Å². The van der Waals surface area contributed by atoms with Gasteiger partial charge in [0.2, 0.25) is 0 Å². The zero-order valence-corrected chi connectivity index (χ0v) is 11.9. The molecular formula is C12H28BNO2. The maximum Gasteiger partial charge on any atom is 0.181 e. The predicted molar refractivity (Wildman–Crippen MR) is 71.5 cm³/mol. The molecule has 0 atom stereocenters. The second-order valence-corrected chi connectivity index (χ2v) is 5.53. The van der Waals surface area contributed by atoms with Crippen molar-refractivity contribution < 1.29 is 9.47 Å². The largest absolute Gasteiger partial charge is 0.379 e. The van der Waals surface area contributed by atoms with E-state index in [1.807, 2.05) is 7.98 Å². The summed E-state index contributed by atoms with van der Waals surface area (Å²) >= 11 is 0. The number of ether oxygens (including phenoxy) is 2. The van der Waals surface area contributed by atoms with Crippen LogP contribution in [0.15, 0.2) is 0 Å². The Hall–Kier alpha value is -0.0551. The van der Waals surface area contributed by atoms with E-state index in [0.717, 1.165) is 32.4 Å². The summed E-state index contributed by atoms with van der Waals surface area (Å²) in [6, 6.07) is 0. The van der Waals surface area contributed by atoms with Gasteiger partial charge in [0.1, 0.15) is 0 Å². The molecule has 0 aliphatic rings. The van der Waals surface area contributed by atoms with Crippen LogP contribution in [-0.2, 0) is 9.47 Å². The molecule has 0 fully saturated rings. The highest BCUT2D eigenvalue weighted by atomic mass is 16.5. The number of methoxy groups -OCH3 is 1. The second-order valence-electron chi connectivity index (χ2n) is 5.53. The molecule has 0 rings (SSSR count). The Kier molecular flexibility index (Phi) is 7.28. The Morgan fingerprint density at radius 1 is 1.06 bits per heavy atom. The average molecular weight is 229 g/mol. The van der Waals surface area contributed by atoms with Crippen LogP contribution in [0.25, 0.3) is 0 Å². The summed E-state index contributed by atoms with van der Waals surface area (Å²) in [5.74, 6) is 0. The number of nitrogens with one attached hydrogen (secondary N) is 1. The Morgan fingerprint density at radius 2 is 1.69 bits per heavy atom. The minimum absolute atomic E-state index is 0.0271. The fraction of sp³-hybridized carbons (Fsp3) is 1.00. The normalized spacial score (nSPS) is 13.1. The summed E-state index contributed by atoms with van der Waals surface area (Å²) in [7, 11) is 3.73. The van der Waals surface area contributed by atoms with E-state index in [9.17, 15) is 0 Å². The van der Waals surface area contributed by atoms with Crippen LogP contribution in [0.4, 0.5) is 0 Å². The first-order valence-corrected chi connectivity index (χ1v) is 6.17. The Labute approximate surface area is 102 Å². The van der Waals surface area contributed by atoms with E-state index in [1.165, 1.54) is 0 Å². The van der Waals surface area contributed by atoms with Gasteiger partial charge in [-0.25, -0.2) is 0 Å². The molecule has 0 aromatic carbocycles. The van der Waals surface area contributed by atoms with E-state index < -0.39 is 0 Å². The van der Waals surface area contributed by atoms with Crippen molar-refractivity contribution in [3.05, 3.63) is 0 Å². The van der Waals surface area contributed by atoms with E-state index in [0.29, 0.717) is 0 Å². The van der Waals surface area contributed by atoms with Gasteiger partial charge in [0.15, 0.2) is 7.98 Å². The van der Waals surface area contributed by atoms with Crippen LogP contribution in [0.2, 0.25) is 0 Å². The van der Waals surface area contributed by atoms with Crippen molar-refractivity contribution in [2.45, 2.75) is 58.2 Å². The van der Waals surface area contributed by atoms with Crippen molar-refractivity contribution >= 4 is 7.98 Å². The summed E-state index contributed by atoms with van der Waals surface area (Å²) in [5, 5.41) is 3.15. The molecule has 0 saturated carbocycles. The summed E-state index contributed by atoms with van der Waals surface area (Å²) in [4.78, 5) is 0. The predicted octanol–water partition coefficient (Wildman–Crippen LogP) is 1.51. The molecule has 0 aliphatic heterocycles. The molecule has 0 spiro atoms. The van der Waals surface area contributed by atoms with Crippen molar-refractivity contribution in [3.8, 4) is 0 Å². The van der Waals surface area contributed by atoms with Gasteiger partial charge in [-0.2, -0.15) is 0 Å². The first kappa shape index (κ1) is 15.9. The molecule has 4 heteroatoms. The van der Waals surface area contributed by atoms with E-state index >= 15 is 0 Å². The molecule has 3 nitrogen and oxygen atoms in total. The van der Waals surface area contributed by atoms with Gasteiger partial charge < -0.3 is 14.7 Å². The van der Waals surface area contributed by atoms with Crippen molar-refractivity contribution in [1.82, 2.24) is 5.23 Å². The quantitative estimate of drug-likeness (QED) is 0.480. The van der Waals surface area contributed by atoms with E-state index in [-0.39, 0.29) is 11.2 Å². The molecule has 0 aromatic rings. The smallest absolute Gasteiger partial charge is 0.181 e. The standard InChI is InChI=1S/C12H28BNO2/c1-11(2,15-5)8-10-16-12(3,4)7-6-9-14-13/h14H,6-10,13H2,1-5H3. The van der Waals surface area contributed by atoms with Crippen molar-refractivity contribution in [3.63, 3.8) is 0 Å². The maximum absolute atomic E-state index is 5.91. The zero-order chi connectivity index (χ0) is 12.7. The SMILES string of the molecule is BNCCCC(C)(C)OCCC(C)(C)OC. The summed E-state index contributed by atoms with van der Waals surface area (Å²) in [6.07, 6.45) is 3.16. The Morgan fingerprint density at radius 3 is 2.19 bits per heavy atom. The second kappa shape index (κ2) is 7.31. The van der Waals surface area contributed by atoms with Gasteiger partial charge in [-0.1, -0.05) is 0 Å². The van der Waals surface area contributed by atoms with Gasteiger partial charge in [0, 0.05) is 7.11 Å². The highest BCUT2D eigenvalue weighted by Crippen LogP contribution is 2.19. The Balaban J connectivity index is 3.73. The number of hydrogen-bond acceptors (Lipinski definition) is 3. The van der Waals surface area contributed by atoms with E-state index in [4.69, 9.17) is 9.47 Å². The zero-order valence-electron chi connectivity index (χ0n) is 11.9. The maximum atomic E-state index is 5.91. The monoisotopic (exact) mass is 229 g/mol. The molecule has 0 aromatic heterocycles. The molecular weight excluding hydrogens is 201 g/mol. The van der Waals surface area contributed by atoms with Gasteiger partial charge in [-0.3, -0.25) is 0 Å². The molecule has 0 saturated heterocycles. The van der Waals surface area contributed by atoms with Gasteiger partial charge in [0.25, 0.3) is 0 Å². The fourth-order valence-corrected chi connectivity index (χ4v) is 1.44. The third-order valence-corrected chi connectivity index (χ3v) is 2.96. The van der Waals surface area contributed by atoms with Gasteiger partial charge in [-0.15, -0.1) is 0 Å². The molecule has 0 amide bonds. The van der Waals surface area contributed by atoms with Gasteiger partial charge in [0.05, 0.1) is 17.8 Å². The van der Waals surface area contributed by atoms with Crippen LogP contribution in [0.5, 0.6) is 0 Å². The van der Waals surface area contributed by atoms with E-state index in [1.54, 1.807) is 7.11 Å². The first-order chi connectivity index (χ1) is 7.33. The minimum Gasteiger partial charge on any atom is -0.379 e. The molecule has 0 radical (unpaired) electrons. The van der Waals surface area contributed by atoms with Crippen LogP contribution in [0.1, 0.15) is 47.0 Å². The van der Waals surface area contributed by atoms with Crippen LogP contribution in [-0.4, -0.2) is 39.4 Å². The molecule has 0 heterocycles. The third-order valence-electron chi connectivity index (χ3n) is 2.96. The van der Waals surface area contributed by atoms with Crippen LogP contribution in [0, 0.1) is 0 Å². The van der Waals surface area contributed by atoms with Crippen LogP contribution < -0.4 is 5.23 Å².